The summed E-state index contributed by atoms with van der Waals surface area (Å²) in [5.74, 6) is -0.458. The Hall–Kier alpha value is -3.97. The maximum Gasteiger partial charge on any atom is 0.338 e. The highest BCUT2D eigenvalue weighted by Gasteiger charge is 2.41. The summed E-state index contributed by atoms with van der Waals surface area (Å²) < 4.78 is 31.6. The average Bonchev–Trinajstić information content (AvgIpc) is 3.64. The number of aromatic nitrogens is 3. The first-order valence-corrected chi connectivity index (χ1v) is 16.5. The zero-order chi connectivity index (χ0) is 32.2. The minimum atomic E-state index is -0.710. The van der Waals surface area contributed by atoms with Gasteiger partial charge in [-0.2, -0.15) is 4.98 Å². The normalized spacial score (nSPS) is 20.1. The lowest BCUT2D eigenvalue weighted by Crippen LogP contribution is -2.35. The van der Waals surface area contributed by atoms with Gasteiger partial charge in [-0.05, 0) is 49.9 Å². The first kappa shape index (κ1) is 32.0. The Morgan fingerprint density at radius 1 is 0.957 bits per heavy atom. The molecule has 0 amide bonds. The molecule has 0 saturated carbocycles. The summed E-state index contributed by atoms with van der Waals surface area (Å²) in [6.07, 6.45) is 2.30. The molecule has 0 aliphatic carbocycles. The summed E-state index contributed by atoms with van der Waals surface area (Å²) in [6.45, 7) is 7.43. The van der Waals surface area contributed by atoms with Gasteiger partial charge in [-0.1, -0.05) is 47.2 Å². The van der Waals surface area contributed by atoms with Gasteiger partial charge in [0.2, 0.25) is 5.88 Å². The van der Waals surface area contributed by atoms with Crippen molar-refractivity contribution in [2.24, 2.45) is 0 Å². The second-order valence-electron chi connectivity index (χ2n) is 11.5. The highest BCUT2D eigenvalue weighted by molar-refractivity contribution is 7.98. The molecule has 0 N–H and O–H groups in total. The fourth-order valence-corrected chi connectivity index (χ4v) is 6.07. The van der Waals surface area contributed by atoms with E-state index in [4.69, 9.17) is 28.7 Å². The van der Waals surface area contributed by atoms with Crippen LogP contribution >= 0.6 is 11.8 Å². The Morgan fingerprint density at radius 3 is 2.24 bits per heavy atom. The molecule has 2 aromatic heterocycles. The minimum absolute atomic E-state index is 0.0940. The Kier molecular flexibility index (Phi) is 9.88. The van der Waals surface area contributed by atoms with E-state index in [1.54, 1.807) is 31.4 Å². The van der Waals surface area contributed by atoms with E-state index >= 15 is 0 Å². The van der Waals surface area contributed by atoms with Crippen LogP contribution in [0.25, 0.3) is 11.0 Å². The van der Waals surface area contributed by atoms with Crippen LogP contribution in [-0.2, 0) is 25.5 Å². The van der Waals surface area contributed by atoms with Gasteiger partial charge in [0, 0.05) is 32.3 Å². The lowest BCUT2D eigenvalue weighted by Gasteiger charge is -2.26. The zero-order valence-corrected chi connectivity index (χ0v) is 27.2. The van der Waals surface area contributed by atoms with Crippen molar-refractivity contribution in [2.75, 3.05) is 46.3 Å². The number of benzene rings is 2. The molecule has 46 heavy (non-hydrogen) atoms. The predicted molar refractivity (Wildman–Crippen MR) is 172 cm³/mol. The fourth-order valence-electron chi connectivity index (χ4n) is 5.72. The van der Waals surface area contributed by atoms with Crippen LogP contribution in [0.3, 0.4) is 0 Å². The van der Waals surface area contributed by atoms with Gasteiger partial charge in [-0.25, -0.2) is 14.6 Å². The number of hydrogen-bond donors (Lipinski definition) is 0. The van der Waals surface area contributed by atoms with Crippen molar-refractivity contribution in [1.82, 2.24) is 19.4 Å². The van der Waals surface area contributed by atoms with Gasteiger partial charge in [0.25, 0.3) is 0 Å². The molecule has 3 atom stereocenters. The maximum atomic E-state index is 13.2. The van der Waals surface area contributed by atoms with Gasteiger partial charge in [0.05, 0.1) is 36.8 Å². The molecule has 0 bridgehead atoms. The first-order chi connectivity index (χ1) is 22.3. The van der Waals surface area contributed by atoms with Crippen molar-refractivity contribution < 1.29 is 33.3 Å². The minimum Gasteiger partial charge on any atom is -0.480 e. The summed E-state index contributed by atoms with van der Waals surface area (Å²) in [4.78, 5) is 38.0. The third-order valence-corrected chi connectivity index (χ3v) is 8.82. The number of fused-ring (bicyclic) bond motifs is 1. The third-order valence-electron chi connectivity index (χ3n) is 8.27. The predicted octanol–water partition coefficient (Wildman–Crippen LogP) is 4.98. The Balaban J connectivity index is 1.31. The number of carbonyl (C=O) groups is 2. The summed E-state index contributed by atoms with van der Waals surface area (Å²) >= 11 is 1.42. The van der Waals surface area contributed by atoms with Crippen molar-refractivity contribution in [3.63, 3.8) is 0 Å². The van der Waals surface area contributed by atoms with E-state index in [1.165, 1.54) is 11.8 Å². The number of morpholine rings is 1. The van der Waals surface area contributed by atoms with Gasteiger partial charge < -0.3 is 28.3 Å². The molecular formula is C34H38N4O7S. The topological polar surface area (TPSA) is 114 Å². The molecule has 2 aliphatic rings. The van der Waals surface area contributed by atoms with E-state index in [0.717, 1.165) is 35.2 Å². The largest absolute Gasteiger partial charge is 0.480 e. The van der Waals surface area contributed by atoms with E-state index in [9.17, 15) is 9.59 Å². The average molecular weight is 647 g/mol. The monoisotopic (exact) mass is 646 g/mol. The molecule has 4 aromatic rings. The van der Waals surface area contributed by atoms with Gasteiger partial charge in [-0.3, -0.25) is 4.90 Å². The molecule has 0 spiro atoms. The molecule has 11 nitrogen and oxygen atoms in total. The van der Waals surface area contributed by atoms with E-state index in [2.05, 4.69) is 9.88 Å². The highest BCUT2D eigenvalue weighted by atomic mass is 32.2. The van der Waals surface area contributed by atoms with Crippen LogP contribution in [0.15, 0.2) is 59.9 Å². The van der Waals surface area contributed by atoms with Crippen molar-refractivity contribution in [3.05, 3.63) is 82.5 Å². The maximum absolute atomic E-state index is 13.2. The van der Waals surface area contributed by atoms with Gasteiger partial charge in [0.15, 0.2) is 10.8 Å². The Morgan fingerprint density at radius 2 is 1.61 bits per heavy atom. The van der Waals surface area contributed by atoms with E-state index < -0.39 is 30.4 Å². The van der Waals surface area contributed by atoms with Crippen LogP contribution in [0.5, 0.6) is 5.88 Å². The molecular weight excluding hydrogens is 608 g/mol. The van der Waals surface area contributed by atoms with Crippen molar-refractivity contribution in [1.29, 1.82) is 0 Å². The molecule has 0 radical (unpaired) electrons. The lowest BCUT2D eigenvalue weighted by atomic mass is 10.1. The number of methoxy groups -OCH3 is 1. The number of aryl methyl sites for hydroxylation is 2. The molecule has 4 heterocycles. The molecule has 2 aromatic carbocycles. The van der Waals surface area contributed by atoms with Gasteiger partial charge in [-0.15, -0.1) is 0 Å². The van der Waals surface area contributed by atoms with Crippen LogP contribution in [0, 0.1) is 13.8 Å². The molecule has 6 rings (SSSR count). The van der Waals surface area contributed by atoms with Crippen LogP contribution in [0.2, 0.25) is 0 Å². The van der Waals surface area contributed by atoms with E-state index in [1.807, 2.05) is 55.1 Å². The smallest absolute Gasteiger partial charge is 0.338 e. The molecule has 12 heteroatoms. The Bertz CT molecular complexity index is 1690. The number of rotatable bonds is 10. The molecule has 2 saturated heterocycles. The summed E-state index contributed by atoms with van der Waals surface area (Å²) in [6, 6.07) is 14.4. The zero-order valence-electron chi connectivity index (χ0n) is 26.4. The molecule has 0 unspecified atom stereocenters. The molecule has 2 aliphatic heterocycles. The highest BCUT2D eigenvalue weighted by Crippen LogP contribution is 2.38. The van der Waals surface area contributed by atoms with Crippen LogP contribution in [-0.4, -0.2) is 89.9 Å². The summed E-state index contributed by atoms with van der Waals surface area (Å²) in [5.41, 5.74) is 4.60. The first-order valence-electron chi connectivity index (χ1n) is 15.3. The van der Waals surface area contributed by atoms with Crippen molar-refractivity contribution in [2.45, 2.75) is 50.4 Å². The van der Waals surface area contributed by atoms with E-state index in [0.29, 0.717) is 54.0 Å². The summed E-state index contributed by atoms with van der Waals surface area (Å²) in [7, 11) is 1.60. The molecule has 2 fully saturated rings. The third kappa shape index (κ3) is 7.05. The standard InChI is InChI=1S/C34H38N4O7S/c1-21-5-9-23(10-6-21)32(39)43-20-27-26(45-33(40)24-11-7-22(2)8-12-24)17-28(44-27)38-19-25(18-37-13-15-42-16-14-37)29-30(38)35-34(46-4)36-31(29)41-3/h5-12,19,26-28H,13-18,20H2,1-4H3/t26-,27+,28+/m0/s1. The van der Waals surface area contributed by atoms with Gasteiger partial charge in [0.1, 0.15) is 25.0 Å². The quantitative estimate of drug-likeness (QED) is 0.132. The number of hydrogen-bond acceptors (Lipinski definition) is 11. The SMILES string of the molecule is COc1nc(SC)nc2c1c(CN1CCOCC1)cn2[C@H]1C[C@H](OC(=O)c2ccc(C)cc2)[C@@H](COC(=O)c2ccc(C)cc2)O1. The fraction of sp³-hybridized carbons (Fsp3) is 0.412. The van der Waals surface area contributed by atoms with Crippen molar-refractivity contribution >= 4 is 34.7 Å². The Labute approximate surface area is 272 Å². The van der Waals surface area contributed by atoms with Crippen LogP contribution in [0.4, 0.5) is 0 Å². The summed E-state index contributed by atoms with van der Waals surface area (Å²) in [5, 5.41) is 1.36. The van der Waals surface area contributed by atoms with Crippen molar-refractivity contribution in [3.8, 4) is 5.88 Å². The van der Waals surface area contributed by atoms with Gasteiger partial charge >= 0.3 is 11.9 Å². The second-order valence-corrected chi connectivity index (χ2v) is 12.3. The van der Waals surface area contributed by atoms with E-state index in [-0.39, 0.29) is 6.61 Å². The number of nitrogens with zero attached hydrogens (tertiary/aromatic N) is 4. The second kappa shape index (κ2) is 14.2. The number of thioether (sulfide) groups is 1. The number of ether oxygens (including phenoxy) is 5. The molecule has 242 valence electrons. The lowest BCUT2D eigenvalue weighted by molar-refractivity contribution is -0.0562. The number of esters is 2. The van der Waals surface area contributed by atoms with Crippen LogP contribution < -0.4 is 4.74 Å². The number of carbonyl (C=O) groups excluding carboxylic acids is 2. The van der Waals surface area contributed by atoms with Crippen LogP contribution in [0.1, 0.15) is 50.1 Å².